The average molecular weight is 936 g/mol. The molecule has 2 aromatic rings. The molecule has 60 heavy (non-hydrogen) atoms. The number of carbonyl (C=O) groups excluding carboxylic acids is 4. The third kappa shape index (κ3) is 16.5. The molecule has 2 aromatic heterocycles. The lowest BCUT2D eigenvalue weighted by Gasteiger charge is -2.30. The zero-order valence-corrected chi connectivity index (χ0v) is 36.4. The van der Waals surface area contributed by atoms with Gasteiger partial charge in [-0.25, -0.2) is 28.6 Å². The summed E-state index contributed by atoms with van der Waals surface area (Å²) in [6.45, 7) is 2.37. The first-order valence-corrected chi connectivity index (χ1v) is 24.1. The zero-order chi connectivity index (χ0) is 44.9. The molecular formula is C31H52N7O18P3S. The lowest BCUT2D eigenvalue weighted by atomic mass is 9.87. The minimum Gasteiger partial charge on any atom is -0.386 e. The summed E-state index contributed by atoms with van der Waals surface area (Å²) in [7, 11) is -16.4. The highest BCUT2D eigenvalue weighted by atomic mass is 32.2. The SMILES string of the molecule is CCCCCCCCC(=O)C(=O)SCCNC(=O)CCNC(=O)C(O)C(C)(C)COP(=O)(O)OP(=O)(O)OC[C@H]1O[C@@H](n2cnc3c(N)ncnc32)[C@H](O)[C@@H]1OP(=O)(O)O. The largest absolute Gasteiger partial charge is 0.481 e. The van der Waals surface area contributed by atoms with Crippen LogP contribution in [-0.4, -0.2) is 128 Å². The van der Waals surface area contributed by atoms with Gasteiger partial charge in [-0.05, 0) is 6.42 Å². The highest BCUT2D eigenvalue weighted by Crippen LogP contribution is 2.61. The number of ketones is 1. The zero-order valence-electron chi connectivity index (χ0n) is 32.9. The van der Waals surface area contributed by atoms with Crippen LogP contribution < -0.4 is 16.4 Å². The van der Waals surface area contributed by atoms with Gasteiger partial charge in [0.25, 0.3) is 5.12 Å². The van der Waals surface area contributed by atoms with Crippen molar-refractivity contribution in [2.75, 3.05) is 37.8 Å². The second-order valence-corrected chi connectivity index (χ2v) is 19.4. The summed E-state index contributed by atoms with van der Waals surface area (Å²) < 4.78 is 62.2. The highest BCUT2D eigenvalue weighted by molar-refractivity contribution is 8.15. The van der Waals surface area contributed by atoms with Crippen molar-refractivity contribution in [3.05, 3.63) is 12.7 Å². The van der Waals surface area contributed by atoms with Crippen LogP contribution in [-0.2, 0) is 55.5 Å². The predicted molar refractivity (Wildman–Crippen MR) is 210 cm³/mol. The standard InChI is InChI=1S/C31H52N7O18P3S/c1-4-5-6-7-8-9-10-19(39)30(44)60-14-13-33-21(40)11-12-34-28(43)25(42)31(2,3)16-53-59(50,51)56-58(48,49)52-15-20-24(55-57(45,46)47)23(41)29(54-20)38-18-37-22-26(32)35-17-36-27(22)38/h17-18,20,23-25,29,41-42H,4-16H2,1-3H3,(H,33,40)(H,34,43)(H,48,49)(H,50,51)(H2,32,35,36)(H2,45,46,47)/t20-,23-,24-,25?,29-/m1/s1. The highest BCUT2D eigenvalue weighted by Gasteiger charge is 2.50. The van der Waals surface area contributed by atoms with E-state index in [9.17, 15) is 62.7 Å². The number of ether oxygens (including phenoxy) is 1. The van der Waals surface area contributed by atoms with Crippen LogP contribution in [0, 0.1) is 5.41 Å². The fraction of sp³-hybridized carbons (Fsp3) is 0.710. The van der Waals surface area contributed by atoms with Crippen LogP contribution >= 0.6 is 35.2 Å². The number of carbonyl (C=O) groups is 4. The number of phosphoric acid groups is 3. The molecule has 25 nitrogen and oxygen atoms in total. The van der Waals surface area contributed by atoms with Crippen molar-refractivity contribution in [1.29, 1.82) is 0 Å². The summed E-state index contributed by atoms with van der Waals surface area (Å²) in [5.74, 6) is -1.85. The quantitative estimate of drug-likeness (QED) is 0.0342. The number of aliphatic hydroxyl groups excluding tert-OH is 2. The molecule has 0 aromatic carbocycles. The Bertz CT molecular complexity index is 1940. The van der Waals surface area contributed by atoms with Gasteiger partial charge < -0.3 is 50.9 Å². The van der Waals surface area contributed by atoms with Crippen LogP contribution in [0.1, 0.15) is 78.4 Å². The first-order chi connectivity index (χ1) is 28.0. The molecule has 340 valence electrons. The number of aliphatic hydroxyl groups is 2. The number of rotatable bonds is 27. The predicted octanol–water partition coefficient (Wildman–Crippen LogP) is 0.984. The van der Waals surface area contributed by atoms with E-state index < -0.39 is 95.5 Å². The number of hydrogen-bond donors (Lipinski definition) is 9. The van der Waals surface area contributed by atoms with E-state index in [-0.39, 0.29) is 48.7 Å². The van der Waals surface area contributed by atoms with E-state index in [0.717, 1.165) is 61.1 Å². The van der Waals surface area contributed by atoms with Gasteiger partial charge in [0, 0.05) is 37.1 Å². The molecule has 0 spiro atoms. The number of thioether (sulfide) groups is 1. The number of phosphoric ester groups is 3. The van der Waals surface area contributed by atoms with Gasteiger partial charge >= 0.3 is 23.5 Å². The molecule has 0 radical (unpaired) electrons. The number of amides is 2. The van der Waals surface area contributed by atoms with E-state index in [0.29, 0.717) is 6.42 Å². The lowest BCUT2D eigenvalue weighted by molar-refractivity contribution is -0.137. The normalized spacial score (nSPS) is 20.9. The monoisotopic (exact) mass is 935 g/mol. The van der Waals surface area contributed by atoms with Gasteiger partial charge in [-0.3, -0.25) is 37.3 Å². The third-order valence-corrected chi connectivity index (χ3v) is 12.7. The van der Waals surface area contributed by atoms with Gasteiger partial charge in [0.05, 0.1) is 19.5 Å². The topological polar surface area (TPSA) is 381 Å². The van der Waals surface area contributed by atoms with Gasteiger partial charge in [-0.1, -0.05) is 64.6 Å². The van der Waals surface area contributed by atoms with Crippen molar-refractivity contribution in [3.8, 4) is 0 Å². The summed E-state index contributed by atoms with van der Waals surface area (Å²) in [4.78, 5) is 99.8. The molecule has 1 fully saturated rings. The van der Waals surface area contributed by atoms with E-state index in [1.807, 2.05) is 0 Å². The van der Waals surface area contributed by atoms with Crippen LogP contribution in [0.4, 0.5) is 5.82 Å². The Hall–Kier alpha value is -2.77. The Morgan fingerprint density at radius 2 is 1.63 bits per heavy atom. The summed E-state index contributed by atoms with van der Waals surface area (Å²) in [6.07, 6.45) is -0.973. The number of Topliss-reactive ketones (excluding diaryl/α,β-unsaturated/α-hetero) is 1. The van der Waals surface area contributed by atoms with Crippen molar-refractivity contribution in [2.24, 2.45) is 5.41 Å². The van der Waals surface area contributed by atoms with Crippen LogP contribution in [0.25, 0.3) is 11.2 Å². The third-order valence-electron chi connectivity index (χ3n) is 8.72. The number of nitrogens with zero attached hydrogens (tertiary/aromatic N) is 4. The number of aromatic nitrogens is 4. The Kier molecular flexibility index (Phi) is 19.8. The number of unbranched alkanes of at least 4 members (excludes halogenated alkanes) is 5. The number of nitrogens with two attached hydrogens (primary N) is 1. The molecule has 0 bridgehead atoms. The summed E-state index contributed by atoms with van der Waals surface area (Å²) >= 11 is 0.801. The molecule has 3 heterocycles. The molecule has 1 saturated heterocycles. The Morgan fingerprint density at radius 3 is 2.32 bits per heavy atom. The lowest BCUT2D eigenvalue weighted by Crippen LogP contribution is -2.46. The van der Waals surface area contributed by atoms with Crippen molar-refractivity contribution >= 4 is 74.9 Å². The van der Waals surface area contributed by atoms with Gasteiger partial charge in [0.2, 0.25) is 17.6 Å². The Morgan fingerprint density at radius 1 is 0.967 bits per heavy atom. The van der Waals surface area contributed by atoms with E-state index in [1.165, 1.54) is 13.8 Å². The second kappa shape index (κ2) is 23.1. The van der Waals surface area contributed by atoms with Gasteiger partial charge in [-0.2, -0.15) is 4.31 Å². The molecule has 29 heteroatoms. The van der Waals surface area contributed by atoms with E-state index >= 15 is 0 Å². The number of nitrogens with one attached hydrogen (secondary N) is 2. The smallest absolute Gasteiger partial charge is 0.386 e. The molecule has 0 aliphatic carbocycles. The first kappa shape index (κ1) is 51.6. The summed E-state index contributed by atoms with van der Waals surface area (Å²) in [5, 5.41) is 25.8. The van der Waals surface area contributed by atoms with Crippen LogP contribution in [0.15, 0.2) is 12.7 Å². The van der Waals surface area contributed by atoms with Crippen molar-refractivity contribution in [2.45, 2.75) is 103 Å². The van der Waals surface area contributed by atoms with Gasteiger partial charge in [0.1, 0.15) is 36.3 Å². The van der Waals surface area contributed by atoms with Crippen LogP contribution in [0.3, 0.4) is 0 Å². The van der Waals surface area contributed by atoms with Crippen LogP contribution in [0.2, 0.25) is 0 Å². The Labute approximate surface area is 348 Å². The van der Waals surface area contributed by atoms with E-state index in [1.54, 1.807) is 0 Å². The number of anilines is 1. The number of nitrogen functional groups attached to an aromatic ring is 1. The molecule has 2 amide bonds. The van der Waals surface area contributed by atoms with E-state index in [2.05, 4.69) is 41.3 Å². The maximum absolute atomic E-state index is 12.7. The Balaban J connectivity index is 1.42. The molecular weight excluding hydrogens is 883 g/mol. The maximum Gasteiger partial charge on any atom is 0.481 e. The number of fused-ring (bicyclic) bond motifs is 1. The molecule has 0 saturated carbocycles. The fourth-order valence-corrected chi connectivity index (χ4v) is 9.00. The van der Waals surface area contributed by atoms with E-state index in [4.69, 9.17) is 19.5 Å². The summed E-state index contributed by atoms with van der Waals surface area (Å²) in [5.41, 5.74) is 4.23. The molecule has 1 aliphatic rings. The fourth-order valence-electron chi connectivity index (χ4n) is 5.52. The summed E-state index contributed by atoms with van der Waals surface area (Å²) in [6, 6.07) is 0. The minimum atomic E-state index is -5.59. The van der Waals surface area contributed by atoms with Crippen molar-refractivity contribution < 1.29 is 85.3 Å². The van der Waals surface area contributed by atoms with Crippen LogP contribution in [0.5, 0.6) is 0 Å². The molecule has 7 atom stereocenters. The minimum absolute atomic E-state index is 0.0247. The maximum atomic E-state index is 12.7. The van der Waals surface area contributed by atoms with Gasteiger partial charge in [-0.15, -0.1) is 0 Å². The van der Waals surface area contributed by atoms with Crippen molar-refractivity contribution in [3.63, 3.8) is 0 Å². The van der Waals surface area contributed by atoms with Gasteiger partial charge in [0.15, 0.2) is 17.7 Å². The first-order valence-electron chi connectivity index (χ1n) is 18.6. The molecule has 10 N–H and O–H groups in total. The average Bonchev–Trinajstić information content (AvgIpc) is 3.72. The molecule has 3 rings (SSSR count). The number of hydrogen-bond acceptors (Lipinski definition) is 19. The second-order valence-electron chi connectivity index (χ2n) is 14.1. The number of imidazole rings is 1. The van der Waals surface area contributed by atoms with Crippen molar-refractivity contribution in [1.82, 2.24) is 30.2 Å². The molecule has 1 aliphatic heterocycles. The molecule has 3 unspecified atom stereocenters.